The van der Waals surface area contributed by atoms with Crippen LogP contribution in [0.5, 0.6) is 0 Å². The van der Waals surface area contributed by atoms with Gasteiger partial charge >= 0.3 is 0 Å². The molecule has 4 rings (SSSR count). The lowest BCUT2D eigenvalue weighted by molar-refractivity contribution is -0.126. The van der Waals surface area contributed by atoms with Crippen molar-refractivity contribution in [2.75, 3.05) is 10.8 Å². The van der Waals surface area contributed by atoms with Crippen LogP contribution in [0.15, 0.2) is 65.8 Å². The van der Waals surface area contributed by atoms with E-state index >= 15 is 0 Å². The Kier molecular flexibility index (Phi) is 4.64. The van der Waals surface area contributed by atoms with Crippen LogP contribution in [0.3, 0.4) is 0 Å². The molecule has 3 unspecified atom stereocenters. The van der Waals surface area contributed by atoms with Gasteiger partial charge < -0.3 is 4.79 Å². The molecule has 0 aliphatic carbocycles. The lowest BCUT2D eigenvalue weighted by Gasteiger charge is -2.34. The number of Topliss-reactive ketones (excluding diaryl/α,β-unsaturated/α-hetero) is 1. The highest BCUT2D eigenvalue weighted by Gasteiger charge is 2.63. The molecule has 2 aliphatic rings. The number of ketones is 1. The highest BCUT2D eigenvalue weighted by molar-refractivity contribution is 7.99. The van der Waals surface area contributed by atoms with Crippen molar-refractivity contribution in [2.45, 2.75) is 25.5 Å². The first-order valence-electron chi connectivity index (χ1n) is 9.16. The molecular weight excluding hydrogens is 356 g/mol. The number of nitrogens with zero attached hydrogens (tertiary/aromatic N) is 2. The van der Waals surface area contributed by atoms with Gasteiger partial charge in [-0.25, -0.2) is 0 Å². The molecule has 1 fully saturated rings. The molecule has 1 spiro atoms. The molecule has 0 saturated carbocycles. The second kappa shape index (κ2) is 6.97. The van der Waals surface area contributed by atoms with Crippen molar-refractivity contribution in [3.8, 4) is 0 Å². The molecule has 2 aromatic rings. The van der Waals surface area contributed by atoms with E-state index in [1.807, 2.05) is 55.5 Å². The average Bonchev–Trinajstić information content (AvgIpc) is 3.17. The number of benzene rings is 2. The summed E-state index contributed by atoms with van der Waals surface area (Å²) in [5.41, 5.74) is 1.92. The van der Waals surface area contributed by atoms with Crippen LogP contribution >= 0.6 is 11.8 Å². The third kappa shape index (κ3) is 2.81. The molecule has 2 aliphatic heterocycles. The van der Waals surface area contributed by atoms with Crippen molar-refractivity contribution in [3.63, 3.8) is 0 Å². The zero-order valence-electron chi connectivity index (χ0n) is 15.5. The molecule has 2 heterocycles. The fourth-order valence-corrected chi connectivity index (χ4v) is 6.25. The zero-order chi connectivity index (χ0) is 19.0. The summed E-state index contributed by atoms with van der Waals surface area (Å²) < 4.78 is 0. The molecule has 4 nitrogen and oxygen atoms in total. The molecule has 0 aromatic heterocycles. The minimum absolute atomic E-state index is 0.0173. The van der Waals surface area contributed by atoms with Crippen LogP contribution < -0.4 is 5.01 Å². The Hall–Kier alpha value is -2.40. The predicted octanol–water partition coefficient (Wildman–Crippen LogP) is 4.48. The number of rotatable bonds is 4. The minimum Gasteiger partial charge on any atom is -0.300 e. The molecule has 0 N–H and O–H groups in total. The normalized spacial score (nSPS) is 27.3. The van der Waals surface area contributed by atoms with E-state index < -0.39 is 5.41 Å². The minimum atomic E-state index is -0.770. The van der Waals surface area contributed by atoms with Crippen LogP contribution in [0.4, 0.5) is 5.69 Å². The summed E-state index contributed by atoms with van der Waals surface area (Å²) in [4.78, 5) is 25.8. The highest BCUT2D eigenvalue weighted by Crippen LogP contribution is 2.61. The van der Waals surface area contributed by atoms with Gasteiger partial charge in [-0.05, 0) is 43.2 Å². The van der Waals surface area contributed by atoms with Crippen LogP contribution in [0.1, 0.15) is 31.1 Å². The quantitative estimate of drug-likeness (QED) is 0.788. The van der Waals surface area contributed by atoms with Crippen LogP contribution in [0, 0.1) is 11.3 Å². The maximum Gasteiger partial charge on any atom is 0.261 e. The maximum absolute atomic E-state index is 13.8. The van der Waals surface area contributed by atoms with E-state index in [2.05, 4.69) is 17.2 Å². The average molecular weight is 378 g/mol. The summed E-state index contributed by atoms with van der Waals surface area (Å²) in [6, 6.07) is 19.7. The largest absolute Gasteiger partial charge is 0.300 e. The van der Waals surface area contributed by atoms with Crippen molar-refractivity contribution in [1.82, 2.24) is 0 Å². The van der Waals surface area contributed by atoms with Crippen molar-refractivity contribution in [2.24, 2.45) is 16.4 Å². The van der Waals surface area contributed by atoms with Crippen LogP contribution in [0.25, 0.3) is 0 Å². The van der Waals surface area contributed by atoms with Gasteiger partial charge in [0, 0.05) is 11.7 Å². The van der Waals surface area contributed by atoms with E-state index in [1.54, 1.807) is 18.7 Å². The summed E-state index contributed by atoms with van der Waals surface area (Å²) in [5, 5.41) is 6.18. The van der Waals surface area contributed by atoms with Gasteiger partial charge in [0.1, 0.15) is 11.2 Å². The second-order valence-corrected chi connectivity index (χ2v) is 8.37. The number of carbonyl (C=O) groups is 2. The zero-order valence-corrected chi connectivity index (χ0v) is 16.3. The predicted molar refractivity (Wildman–Crippen MR) is 110 cm³/mol. The lowest BCUT2D eigenvalue weighted by atomic mass is 9.67. The van der Waals surface area contributed by atoms with E-state index in [0.29, 0.717) is 6.42 Å². The molecule has 27 heavy (non-hydrogen) atoms. The van der Waals surface area contributed by atoms with Gasteiger partial charge in [0.25, 0.3) is 5.91 Å². The van der Waals surface area contributed by atoms with E-state index in [1.165, 1.54) is 5.01 Å². The van der Waals surface area contributed by atoms with Gasteiger partial charge in [-0.2, -0.15) is 21.9 Å². The fourth-order valence-electron chi connectivity index (χ4n) is 4.37. The van der Waals surface area contributed by atoms with Gasteiger partial charge in [-0.15, -0.1) is 0 Å². The van der Waals surface area contributed by atoms with Gasteiger partial charge in [-0.3, -0.25) is 4.79 Å². The molecule has 1 amide bonds. The summed E-state index contributed by atoms with van der Waals surface area (Å²) in [6.45, 7) is 3.55. The van der Waals surface area contributed by atoms with Crippen molar-refractivity contribution in [1.29, 1.82) is 0 Å². The Labute approximate surface area is 163 Å². The number of amides is 1. The summed E-state index contributed by atoms with van der Waals surface area (Å²) in [5.74, 6) is 0.833. The van der Waals surface area contributed by atoms with E-state index in [9.17, 15) is 9.59 Å². The van der Waals surface area contributed by atoms with Gasteiger partial charge in [0.15, 0.2) is 0 Å². The summed E-state index contributed by atoms with van der Waals surface area (Å²) in [6.07, 6.45) is 0.400. The molecule has 0 bridgehead atoms. The second-order valence-electron chi connectivity index (χ2n) is 7.23. The number of thioether (sulfide) groups is 1. The van der Waals surface area contributed by atoms with Gasteiger partial charge in [0.05, 0.1) is 11.4 Å². The van der Waals surface area contributed by atoms with Gasteiger partial charge in [0.2, 0.25) is 0 Å². The third-order valence-corrected chi connectivity index (χ3v) is 7.13. The summed E-state index contributed by atoms with van der Waals surface area (Å²) in [7, 11) is 0. The fraction of sp³-hybridized carbons (Fsp3) is 0.318. The molecular formula is C22H22N2O2S. The van der Waals surface area contributed by atoms with Gasteiger partial charge in [-0.1, -0.05) is 48.5 Å². The Bertz CT molecular complexity index is 897. The standard InChI is InChI=1S/C22H22N2O2S/c1-15(25)13-18-14-27-20(17-9-5-3-6-10-17)22(18)16(2)23-24(21(22)26)19-11-7-4-8-12-19/h3-12,18,20H,13-14H2,1-2H3. The Morgan fingerprint density at radius 3 is 2.41 bits per heavy atom. The van der Waals surface area contributed by atoms with Crippen LogP contribution in [-0.2, 0) is 9.59 Å². The molecule has 0 radical (unpaired) electrons. The first-order valence-corrected chi connectivity index (χ1v) is 10.2. The molecule has 5 heteroatoms. The van der Waals surface area contributed by atoms with E-state index in [0.717, 1.165) is 22.7 Å². The first-order chi connectivity index (χ1) is 13.0. The third-order valence-electron chi connectivity index (χ3n) is 5.55. The van der Waals surface area contributed by atoms with Crippen molar-refractivity contribution >= 4 is 34.9 Å². The molecule has 3 atom stereocenters. The molecule has 2 aromatic carbocycles. The maximum atomic E-state index is 13.8. The Balaban J connectivity index is 1.83. The Morgan fingerprint density at radius 2 is 1.78 bits per heavy atom. The Morgan fingerprint density at radius 1 is 1.15 bits per heavy atom. The van der Waals surface area contributed by atoms with Crippen molar-refractivity contribution < 1.29 is 9.59 Å². The first kappa shape index (κ1) is 18.0. The number of carbonyl (C=O) groups excluding carboxylic acids is 2. The highest BCUT2D eigenvalue weighted by atomic mass is 32.2. The van der Waals surface area contributed by atoms with Crippen LogP contribution in [0.2, 0.25) is 0 Å². The number of hydrogen-bond acceptors (Lipinski definition) is 4. The molecule has 1 saturated heterocycles. The number of hydrazone groups is 1. The summed E-state index contributed by atoms with van der Waals surface area (Å²) >= 11 is 1.77. The van der Waals surface area contributed by atoms with Crippen molar-refractivity contribution in [3.05, 3.63) is 66.2 Å². The van der Waals surface area contributed by atoms with Crippen LogP contribution in [-0.4, -0.2) is 23.2 Å². The lowest BCUT2D eigenvalue weighted by Crippen LogP contribution is -2.46. The SMILES string of the molecule is CC(=O)CC1CSC(c2ccccc2)C12C(=O)N(c1ccccc1)N=C2C. The number of para-hydroxylation sites is 1. The van der Waals surface area contributed by atoms with E-state index in [4.69, 9.17) is 0 Å². The number of hydrogen-bond donors (Lipinski definition) is 0. The monoisotopic (exact) mass is 378 g/mol. The molecule has 138 valence electrons. The topological polar surface area (TPSA) is 49.7 Å². The van der Waals surface area contributed by atoms with E-state index in [-0.39, 0.29) is 22.9 Å². The smallest absolute Gasteiger partial charge is 0.261 e. The number of anilines is 1.